The van der Waals surface area contributed by atoms with E-state index in [9.17, 15) is 0 Å². The molecule has 0 saturated carbocycles. The summed E-state index contributed by atoms with van der Waals surface area (Å²) >= 11 is 10.5. The summed E-state index contributed by atoms with van der Waals surface area (Å²) < 4.78 is 0. The molecule has 0 fully saturated rings. The van der Waals surface area contributed by atoms with Gasteiger partial charge in [-0.25, -0.2) is 0 Å². The molecule has 9 heavy (non-hydrogen) atoms. The van der Waals surface area contributed by atoms with Gasteiger partial charge >= 0.3 is 0 Å². The van der Waals surface area contributed by atoms with Gasteiger partial charge in [0.05, 0.1) is 0 Å². The summed E-state index contributed by atoms with van der Waals surface area (Å²) in [7, 11) is 0. The van der Waals surface area contributed by atoms with Crippen LogP contribution in [-0.2, 0) is 0 Å². The van der Waals surface area contributed by atoms with Gasteiger partial charge in [-0.1, -0.05) is 0 Å². The lowest BCUT2D eigenvalue weighted by atomic mass is 10.1. The second kappa shape index (κ2) is 4.34. The van der Waals surface area contributed by atoms with E-state index in [1.807, 2.05) is 0 Å². The zero-order chi connectivity index (χ0) is 7.33. The Labute approximate surface area is 64.4 Å². The molecule has 56 valence electrons. The van der Waals surface area contributed by atoms with Gasteiger partial charge in [0.25, 0.3) is 0 Å². The highest BCUT2D eigenvalue weighted by molar-refractivity contribution is 6.18. The third-order valence-electron chi connectivity index (χ3n) is 0.990. The highest BCUT2D eigenvalue weighted by atomic mass is 35.5. The van der Waals surface area contributed by atoms with E-state index in [2.05, 4.69) is 0 Å². The second-order valence-corrected chi connectivity index (χ2v) is 2.62. The first-order valence-corrected chi connectivity index (χ1v) is 3.76. The normalized spacial score (nSPS) is 12.0. The van der Waals surface area contributed by atoms with Gasteiger partial charge in [0.1, 0.15) is 0 Å². The van der Waals surface area contributed by atoms with Gasteiger partial charge in [-0.3, -0.25) is 0 Å². The molecule has 4 heteroatoms. The monoisotopic (exact) mass is 172 g/mol. The first-order chi connectivity index (χ1) is 4.12. The molecule has 0 bridgehead atoms. The van der Waals surface area contributed by atoms with Gasteiger partial charge in [-0.15, -0.1) is 23.2 Å². The Balaban J connectivity index is 3.43. The average Bonchev–Trinajstić information content (AvgIpc) is 1.64. The Morgan fingerprint density at radius 3 is 1.56 bits per heavy atom. The minimum Gasteiger partial charge on any atom is -0.366 e. The van der Waals surface area contributed by atoms with Crippen LogP contribution in [0.1, 0.15) is 12.8 Å². The van der Waals surface area contributed by atoms with Crippen molar-refractivity contribution in [2.45, 2.75) is 18.6 Å². The smallest absolute Gasteiger partial charge is 0.164 e. The third kappa shape index (κ3) is 4.97. The lowest BCUT2D eigenvalue weighted by Gasteiger charge is -2.18. The van der Waals surface area contributed by atoms with Crippen LogP contribution in [0.15, 0.2) is 0 Å². The van der Waals surface area contributed by atoms with E-state index in [0.717, 1.165) is 0 Å². The Morgan fingerprint density at radius 2 is 1.33 bits per heavy atom. The van der Waals surface area contributed by atoms with Crippen LogP contribution in [0, 0.1) is 0 Å². The van der Waals surface area contributed by atoms with Gasteiger partial charge in [-0.2, -0.15) is 0 Å². The Bertz CT molecular complexity index is 67.4. The first-order valence-electron chi connectivity index (χ1n) is 2.69. The van der Waals surface area contributed by atoms with Gasteiger partial charge in [0.15, 0.2) is 5.79 Å². The summed E-state index contributed by atoms with van der Waals surface area (Å²) in [6.45, 7) is 0. The van der Waals surface area contributed by atoms with E-state index in [-0.39, 0.29) is 24.6 Å². The lowest BCUT2D eigenvalue weighted by molar-refractivity contribution is -0.162. The van der Waals surface area contributed by atoms with Crippen molar-refractivity contribution >= 4 is 23.2 Å². The fourth-order valence-electron chi connectivity index (χ4n) is 0.428. The number of aliphatic hydroxyl groups is 2. The minimum atomic E-state index is -1.66. The maximum absolute atomic E-state index is 8.90. The van der Waals surface area contributed by atoms with E-state index < -0.39 is 5.79 Å². The molecule has 0 aromatic rings. The van der Waals surface area contributed by atoms with Crippen LogP contribution in [-0.4, -0.2) is 27.8 Å². The van der Waals surface area contributed by atoms with Crippen LogP contribution in [0.25, 0.3) is 0 Å². The van der Waals surface area contributed by atoms with Gasteiger partial charge in [0.2, 0.25) is 0 Å². The molecule has 2 N–H and O–H groups in total. The Morgan fingerprint density at radius 1 is 1.00 bits per heavy atom. The van der Waals surface area contributed by atoms with Crippen LogP contribution in [0.5, 0.6) is 0 Å². The molecule has 0 amide bonds. The Kier molecular flexibility index (Phi) is 4.58. The largest absolute Gasteiger partial charge is 0.366 e. The van der Waals surface area contributed by atoms with Crippen molar-refractivity contribution in [1.82, 2.24) is 0 Å². The molecule has 0 aliphatic rings. The molecular weight excluding hydrogens is 163 g/mol. The number of rotatable bonds is 4. The van der Waals surface area contributed by atoms with E-state index in [1.54, 1.807) is 0 Å². The molecule has 0 aromatic carbocycles. The molecule has 0 rings (SSSR count). The highest BCUT2D eigenvalue weighted by Gasteiger charge is 2.20. The summed E-state index contributed by atoms with van der Waals surface area (Å²) in [5.74, 6) is -1.18. The fourth-order valence-corrected chi connectivity index (χ4v) is 1.03. The van der Waals surface area contributed by atoms with Crippen molar-refractivity contribution in [2.75, 3.05) is 11.8 Å². The predicted molar refractivity (Wildman–Crippen MR) is 37.8 cm³/mol. The molecule has 0 aliphatic carbocycles. The molecule has 0 unspecified atom stereocenters. The molecule has 0 heterocycles. The molecule has 0 atom stereocenters. The van der Waals surface area contributed by atoms with Crippen molar-refractivity contribution in [3.05, 3.63) is 0 Å². The van der Waals surface area contributed by atoms with E-state index in [1.165, 1.54) is 0 Å². The molecule has 0 saturated heterocycles. The van der Waals surface area contributed by atoms with Gasteiger partial charge in [0, 0.05) is 24.6 Å². The highest BCUT2D eigenvalue weighted by Crippen LogP contribution is 2.12. The third-order valence-corrected chi connectivity index (χ3v) is 1.37. The molecule has 0 aliphatic heterocycles. The molecule has 2 nitrogen and oxygen atoms in total. The fraction of sp³-hybridized carbons (Fsp3) is 1.00. The summed E-state index contributed by atoms with van der Waals surface area (Å²) in [5.41, 5.74) is 0. The van der Waals surface area contributed by atoms with Gasteiger partial charge < -0.3 is 10.2 Å². The van der Waals surface area contributed by atoms with Crippen molar-refractivity contribution in [1.29, 1.82) is 0 Å². The van der Waals surface area contributed by atoms with Gasteiger partial charge in [-0.05, 0) is 0 Å². The van der Waals surface area contributed by atoms with E-state index in [4.69, 9.17) is 33.4 Å². The van der Waals surface area contributed by atoms with Crippen molar-refractivity contribution in [3.8, 4) is 0 Å². The average molecular weight is 173 g/mol. The zero-order valence-corrected chi connectivity index (χ0v) is 6.49. The minimum absolute atomic E-state index is 0.168. The van der Waals surface area contributed by atoms with Crippen molar-refractivity contribution in [3.63, 3.8) is 0 Å². The second-order valence-electron chi connectivity index (χ2n) is 1.86. The topological polar surface area (TPSA) is 40.5 Å². The van der Waals surface area contributed by atoms with Crippen LogP contribution in [0.3, 0.4) is 0 Å². The number of hydrogen-bond acceptors (Lipinski definition) is 2. The quantitative estimate of drug-likeness (QED) is 0.490. The molecular formula is C5H10Cl2O2. The number of alkyl halides is 2. The van der Waals surface area contributed by atoms with Crippen molar-refractivity contribution < 1.29 is 10.2 Å². The lowest BCUT2D eigenvalue weighted by Crippen LogP contribution is -2.28. The summed E-state index contributed by atoms with van der Waals surface area (Å²) in [6.07, 6.45) is 0.336. The molecule has 0 aromatic heterocycles. The molecule has 0 spiro atoms. The van der Waals surface area contributed by atoms with E-state index in [0.29, 0.717) is 0 Å². The van der Waals surface area contributed by atoms with Crippen molar-refractivity contribution in [2.24, 2.45) is 0 Å². The van der Waals surface area contributed by atoms with Crippen LogP contribution in [0.4, 0.5) is 0 Å². The number of halogens is 2. The number of hydrogen-bond donors (Lipinski definition) is 2. The zero-order valence-electron chi connectivity index (χ0n) is 4.98. The predicted octanol–water partition coefficient (Wildman–Crippen LogP) is 0.925. The Hall–Kier alpha value is 0.500. The first kappa shape index (κ1) is 9.50. The van der Waals surface area contributed by atoms with Crippen LogP contribution >= 0.6 is 23.2 Å². The molecule has 0 radical (unpaired) electrons. The SMILES string of the molecule is OC(O)(CCCl)CCCl. The van der Waals surface area contributed by atoms with E-state index >= 15 is 0 Å². The summed E-state index contributed by atoms with van der Waals surface area (Å²) in [4.78, 5) is 0. The standard InChI is InChI=1S/C5H10Cl2O2/c6-3-1-5(8,9)2-4-7/h8-9H,1-4H2. The van der Waals surface area contributed by atoms with Crippen LogP contribution in [0.2, 0.25) is 0 Å². The summed E-state index contributed by atoms with van der Waals surface area (Å²) in [5, 5.41) is 17.8. The summed E-state index contributed by atoms with van der Waals surface area (Å²) in [6, 6.07) is 0. The maximum Gasteiger partial charge on any atom is 0.164 e. The van der Waals surface area contributed by atoms with Crippen LogP contribution < -0.4 is 0 Å². The maximum atomic E-state index is 8.90.